The summed E-state index contributed by atoms with van der Waals surface area (Å²) >= 11 is 7.11. The van der Waals surface area contributed by atoms with E-state index in [0.717, 1.165) is 20.0 Å². The van der Waals surface area contributed by atoms with Gasteiger partial charge in [0.15, 0.2) is 4.80 Å². The fraction of sp³-hybridized carbons (Fsp3) is 0.269. The van der Waals surface area contributed by atoms with Crippen LogP contribution in [0.4, 0.5) is 0 Å². The zero-order valence-corrected chi connectivity index (χ0v) is 24.1. The maximum Gasteiger partial charge on any atom is 0.338 e. The first kappa shape index (κ1) is 25.8. The Labute approximate surface area is 229 Å². The van der Waals surface area contributed by atoms with E-state index in [4.69, 9.17) is 14.5 Å². The van der Waals surface area contributed by atoms with E-state index in [1.165, 1.54) is 11.3 Å². The number of fused-ring (bicyclic) bond motifs is 1. The molecule has 6 nitrogen and oxygen atoms in total. The second-order valence-electron chi connectivity index (χ2n) is 7.85. The SMILES string of the molecule is CCCC1=C(C(=O)OCC)[C@@H](c2cc(Br)ccc2OC)n2c(s/c(=C/c3cccc(I)c3)c2=O)=N1. The third-order valence-electron chi connectivity index (χ3n) is 5.52. The van der Waals surface area contributed by atoms with E-state index < -0.39 is 12.0 Å². The minimum atomic E-state index is -0.725. The number of carbonyl (C=O) groups excluding carboxylic acids is 1. The Morgan fingerprint density at radius 2 is 2.06 bits per heavy atom. The fourth-order valence-electron chi connectivity index (χ4n) is 4.08. The summed E-state index contributed by atoms with van der Waals surface area (Å²) < 4.78 is 15.1. The molecule has 0 saturated heterocycles. The van der Waals surface area contributed by atoms with Crippen molar-refractivity contribution in [3.8, 4) is 5.75 Å². The molecule has 2 heterocycles. The molecule has 0 unspecified atom stereocenters. The molecular weight excluding hydrogens is 643 g/mol. The highest BCUT2D eigenvalue weighted by atomic mass is 127. The predicted octanol–water partition coefficient (Wildman–Crippen LogP) is 4.95. The highest BCUT2D eigenvalue weighted by Gasteiger charge is 2.36. The molecule has 0 fully saturated rings. The second kappa shape index (κ2) is 11.2. The minimum absolute atomic E-state index is 0.211. The van der Waals surface area contributed by atoms with Crippen molar-refractivity contribution in [2.75, 3.05) is 13.7 Å². The number of ether oxygens (including phenoxy) is 2. The van der Waals surface area contributed by atoms with E-state index in [1.807, 2.05) is 55.5 Å². The molecule has 9 heteroatoms. The van der Waals surface area contributed by atoms with Crippen molar-refractivity contribution in [1.82, 2.24) is 4.57 Å². The maximum absolute atomic E-state index is 13.8. The molecular formula is C26H24BrIN2O4S. The summed E-state index contributed by atoms with van der Waals surface area (Å²) in [6.07, 6.45) is 3.25. The summed E-state index contributed by atoms with van der Waals surface area (Å²) in [7, 11) is 1.58. The molecule has 3 aromatic rings. The number of thiazole rings is 1. The number of carbonyl (C=O) groups is 1. The van der Waals surface area contributed by atoms with Gasteiger partial charge in [-0.15, -0.1) is 0 Å². The summed E-state index contributed by atoms with van der Waals surface area (Å²) in [4.78, 5) is 32.5. The molecule has 0 N–H and O–H groups in total. The van der Waals surface area contributed by atoms with Crippen molar-refractivity contribution >= 4 is 61.9 Å². The second-order valence-corrected chi connectivity index (χ2v) is 11.0. The van der Waals surface area contributed by atoms with Gasteiger partial charge in [-0.2, -0.15) is 0 Å². The number of halogens is 2. The lowest BCUT2D eigenvalue weighted by Crippen LogP contribution is -2.40. The molecule has 182 valence electrons. The number of benzene rings is 2. The van der Waals surface area contributed by atoms with E-state index in [1.54, 1.807) is 18.6 Å². The van der Waals surface area contributed by atoms with Gasteiger partial charge in [-0.1, -0.05) is 52.7 Å². The van der Waals surface area contributed by atoms with Crippen LogP contribution in [0.25, 0.3) is 6.08 Å². The average Bonchev–Trinajstić information content (AvgIpc) is 3.13. The number of aromatic nitrogens is 1. The number of allylic oxidation sites excluding steroid dienone is 1. The van der Waals surface area contributed by atoms with Crippen LogP contribution in [-0.2, 0) is 9.53 Å². The van der Waals surface area contributed by atoms with Crippen LogP contribution in [0.3, 0.4) is 0 Å². The van der Waals surface area contributed by atoms with Crippen LogP contribution in [0, 0.1) is 3.57 Å². The van der Waals surface area contributed by atoms with Crippen LogP contribution in [-0.4, -0.2) is 24.3 Å². The Morgan fingerprint density at radius 3 is 2.74 bits per heavy atom. The first-order chi connectivity index (χ1) is 16.9. The Morgan fingerprint density at radius 1 is 1.26 bits per heavy atom. The molecule has 0 radical (unpaired) electrons. The van der Waals surface area contributed by atoms with Crippen LogP contribution >= 0.6 is 49.9 Å². The molecule has 0 spiro atoms. The van der Waals surface area contributed by atoms with Gasteiger partial charge in [0.2, 0.25) is 0 Å². The van der Waals surface area contributed by atoms with Gasteiger partial charge in [-0.3, -0.25) is 9.36 Å². The molecule has 4 rings (SSSR count). The number of esters is 1. The number of hydrogen-bond acceptors (Lipinski definition) is 6. The normalized spacial score (nSPS) is 15.6. The number of rotatable bonds is 7. The monoisotopic (exact) mass is 666 g/mol. The third-order valence-corrected chi connectivity index (χ3v) is 7.67. The van der Waals surface area contributed by atoms with Crippen molar-refractivity contribution in [3.63, 3.8) is 0 Å². The molecule has 1 aromatic heterocycles. The van der Waals surface area contributed by atoms with Gasteiger partial charge in [0.1, 0.15) is 11.8 Å². The minimum Gasteiger partial charge on any atom is -0.496 e. The lowest BCUT2D eigenvalue weighted by Gasteiger charge is -2.27. The summed E-state index contributed by atoms with van der Waals surface area (Å²) in [5, 5.41) is 0. The van der Waals surface area contributed by atoms with Gasteiger partial charge >= 0.3 is 5.97 Å². The Bertz CT molecular complexity index is 1490. The molecule has 0 bridgehead atoms. The van der Waals surface area contributed by atoms with Gasteiger partial charge in [0.25, 0.3) is 5.56 Å². The zero-order chi connectivity index (χ0) is 25.1. The van der Waals surface area contributed by atoms with Gasteiger partial charge in [0, 0.05) is 13.6 Å². The summed E-state index contributed by atoms with van der Waals surface area (Å²) in [6.45, 7) is 4.02. The van der Waals surface area contributed by atoms with Crippen LogP contribution in [0.1, 0.15) is 43.9 Å². The molecule has 1 aliphatic rings. The quantitative estimate of drug-likeness (QED) is 0.264. The number of methoxy groups -OCH3 is 1. The summed E-state index contributed by atoms with van der Waals surface area (Å²) in [6, 6.07) is 12.8. The summed E-state index contributed by atoms with van der Waals surface area (Å²) in [5.74, 6) is 0.101. The number of hydrogen-bond donors (Lipinski definition) is 0. The largest absolute Gasteiger partial charge is 0.496 e. The van der Waals surface area contributed by atoms with E-state index in [-0.39, 0.29) is 12.2 Å². The van der Waals surface area contributed by atoms with E-state index >= 15 is 0 Å². The molecule has 1 aliphatic heterocycles. The smallest absolute Gasteiger partial charge is 0.338 e. The van der Waals surface area contributed by atoms with Gasteiger partial charge in [0.05, 0.1) is 29.5 Å². The standard InChI is InChI=1S/C26H24BrIN2O4S/c1-4-7-19-22(25(32)34-5-2)23(18-14-16(27)10-11-20(18)33-3)30-24(31)21(35-26(30)29-19)13-15-8-6-9-17(28)12-15/h6,8-14,23H,4-5,7H2,1-3H3/b21-13+/t23-/m1/s1. The predicted molar refractivity (Wildman–Crippen MR) is 149 cm³/mol. The summed E-state index contributed by atoms with van der Waals surface area (Å²) in [5.41, 5.74) is 2.42. The fourth-order valence-corrected chi connectivity index (χ4v) is 6.05. The van der Waals surface area contributed by atoms with Crippen molar-refractivity contribution < 1.29 is 14.3 Å². The van der Waals surface area contributed by atoms with E-state index in [0.29, 0.717) is 38.3 Å². The van der Waals surface area contributed by atoms with Crippen molar-refractivity contribution in [2.45, 2.75) is 32.7 Å². The maximum atomic E-state index is 13.8. The Hall–Kier alpha value is -2.24. The van der Waals surface area contributed by atoms with Gasteiger partial charge in [-0.25, -0.2) is 9.79 Å². The highest BCUT2D eigenvalue weighted by Crippen LogP contribution is 2.38. The Balaban J connectivity index is 2.06. The van der Waals surface area contributed by atoms with Crippen molar-refractivity contribution in [1.29, 1.82) is 0 Å². The zero-order valence-electron chi connectivity index (χ0n) is 19.5. The highest BCUT2D eigenvalue weighted by molar-refractivity contribution is 14.1. The first-order valence-electron chi connectivity index (χ1n) is 11.2. The van der Waals surface area contributed by atoms with Crippen molar-refractivity contribution in [3.05, 3.63) is 92.6 Å². The molecule has 35 heavy (non-hydrogen) atoms. The van der Waals surface area contributed by atoms with Crippen molar-refractivity contribution in [2.24, 2.45) is 4.99 Å². The Kier molecular flexibility index (Phi) is 8.28. The molecule has 2 aromatic carbocycles. The number of nitrogens with zero attached hydrogens (tertiary/aromatic N) is 2. The lowest BCUT2D eigenvalue weighted by atomic mass is 9.93. The average molecular weight is 667 g/mol. The van der Waals surface area contributed by atoms with Crippen LogP contribution < -0.4 is 19.6 Å². The molecule has 1 atom stereocenters. The van der Waals surface area contributed by atoms with E-state index in [9.17, 15) is 9.59 Å². The van der Waals surface area contributed by atoms with E-state index in [2.05, 4.69) is 38.5 Å². The van der Waals surface area contributed by atoms with Crippen LogP contribution in [0.15, 0.2) is 68.0 Å². The van der Waals surface area contributed by atoms with Crippen LogP contribution in [0.2, 0.25) is 0 Å². The topological polar surface area (TPSA) is 69.9 Å². The first-order valence-corrected chi connectivity index (χ1v) is 13.9. The molecule has 0 amide bonds. The van der Waals surface area contributed by atoms with Gasteiger partial charge in [-0.05, 0) is 77.9 Å². The lowest BCUT2D eigenvalue weighted by molar-refractivity contribution is -0.139. The third kappa shape index (κ3) is 5.31. The van der Waals surface area contributed by atoms with Crippen LogP contribution in [0.5, 0.6) is 5.75 Å². The molecule has 0 saturated carbocycles. The van der Waals surface area contributed by atoms with Gasteiger partial charge < -0.3 is 9.47 Å². The molecule has 0 aliphatic carbocycles.